The SMILES string of the molecule is CCCCCCCCCC/C=C\CCCCCCCCCCCCCCCCCCCCCCCCCC(=O)NC(CO)C(O)/C=C/CC/C=C/CC/C=C/CCCCCCCCCC. The van der Waals surface area contributed by atoms with Crippen LogP contribution in [0.4, 0.5) is 0 Å². The summed E-state index contributed by atoms with van der Waals surface area (Å²) in [4.78, 5) is 12.5. The Balaban J connectivity index is 3.45. The van der Waals surface area contributed by atoms with Crippen molar-refractivity contribution in [2.24, 2.45) is 0 Å². The van der Waals surface area contributed by atoms with E-state index >= 15 is 0 Å². The molecule has 0 radical (unpaired) electrons. The van der Waals surface area contributed by atoms with Gasteiger partial charge in [-0.1, -0.05) is 287 Å². The van der Waals surface area contributed by atoms with Gasteiger partial charge in [0, 0.05) is 6.42 Å². The Morgan fingerprint density at radius 3 is 0.892 bits per heavy atom. The lowest BCUT2D eigenvalue weighted by atomic mass is 10.0. The van der Waals surface area contributed by atoms with E-state index in [0.717, 1.165) is 38.5 Å². The average Bonchev–Trinajstić information content (AvgIpc) is 3.31. The van der Waals surface area contributed by atoms with Crippen LogP contribution in [0.15, 0.2) is 48.6 Å². The molecular weight excluding hydrogens is 795 g/mol. The highest BCUT2D eigenvalue weighted by molar-refractivity contribution is 5.76. The average molecular weight is 911 g/mol. The third-order valence-corrected chi connectivity index (χ3v) is 13.5. The Morgan fingerprint density at radius 2 is 0.600 bits per heavy atom. The predicted octanol–water partition coefficient (Wildman–Crippen LogP) is 19.4. The Kier molecular flexibility index (Phi) is 55.2. The molecule has 0 fully saturated rings. The van der Waals surface area contributed by atoms with Gasteiger partial charge in [-0.3, -0.25) is 4.79 Å². The molecule has 2 atom stereocenters. The maximum Gasteiger partial charge on any atom is 0.220 e. The van der Waals surface area contributed by atoms with Crippen LogP contribution in [-0.4, -0.2) is 34.9 Å². The van der Waals surface area contributed by atoms with Crippen molar-refractivity contribution in [1.29, 1.82) is 0 Å². The topological polar surface area (TPSA) is 69.6 Å². The Labute approximate surface area is 407 Å². The monoisotopic (exact) mass is 910 g/mol. The van der Waals surface area contributed by atoms with Gasteiger partial charge >= 0.3 is 0 Å². The van der Waals surface area contributed by atoms with Gasteiger partial charge in [0.15, 0.2) is 0 Å². The molecule has 1 amide bonds. The lowest BCUT2D eigenvalue weighted by Crippen LogP contribution is -2.45. The summed E-state index contributed by atoms with van der Waals surface area (Å²) in [5.41, 5.74) is 0. The molecule has 0 aromatic carbocycles. The standard InChI is InChI=1S/C61H115NO3/c1-3-5-7-9-11-13-15-17-19-21-23-24-25-26-27-28-29-30-31-32-33-34-35-36-37-38-39-41-43-45-47-49-51-53-55-57-61(65)62-59(58-63)60(64)56-54-52-50-48-46-44-42-40-22-20-18-16-14-12-10-8-6-4-2/h21-23,40,46,48,54,56,59-60,63-64H,3-20,24-39,41-45,47,49-53,55,57-58H2,1-2H3,(H,62,65)/b23-21-,40-22+,48-46+,56-54+. The molecule has 0 aromatic heterocycles. The molecule has 65 heavy (non-hydrogen) atoms. The van der Waals surface area contributed by atoms with Crippen LogP contribution < -0.4 is 5.32 Å². The van der Waals surface area contributed by atoms with Gasteiger partial charge in [0.25, 0.3) is 0 Å². The summed E-state index contributed by atoms with van der Waals surface area (Å²) in [7, 11) is 0. The summed E-state index contributed by atoms with van der Waals surface area (Å²) in [6.45, 7) is 4.31. The fourth-order valence-electron chi connectivity index (χ4n) is 9.03. The van der Waals surface area contributed by atoms with Crippen molar-refractivity contribution in [1.82, 2.24) is 5.32 Å². The van der Waals surface area contributed by atoms with Crippen molar-refractivity contribution in [2.75, 3.05) is 6.61 Å². The number of carbonyl (C=O) groups is 1. The Morgan fingerprint density at radius 1 is 0.354 bits per heavy atom. The number of allylic oxidation sites excluding steroid dienone is 7. The first-order valence-corrected chi connectivity index (χ1v) is 29.4. The lowest BCUT2D eigenvalue weighted by Gasteiger charge is -2.19. The van der Waals surface area contributed by atoms with E-state index in [1.165, 1.54) is 257 Å². The lowest BCUT2D eigenvalue weighted by molar-refractivity contribution is -0.123. The van der Waals surface area contributed by atoms with Gasteiger partial charge in [-0.15, -0.1) is 0 Å². The summed E-state index contributed by atoms with van der Waals surface area (Å²) in [5.74, 6) is -0.0732. The molecule has 0 rings (SSSR count). The van der Waals surface area contributed by atoms with Crippen LogP contribution >= 0.6 is 0 Å². The van der Waals surface area contributed by atoms with Gasteiger partial charge in [0.05, 0.1) is 18.8 Å². The number of carbonyl (C=O) groups excluding carboxylic acids is 1. The molecule has 382 valence electrons. The summed E-state index contributed by atoms with van der Waals surface area (Å²) in [6.07, 6.45) is 78.7. The van der Waals surface area contributed by atoms with Crippen molar-refractivity contribution < 1.29 is 15.0 Å². The number of hydrogen-bond acceptors (Lipinski definition) is 3. The molecule has 0 aliphatic rings. The second kappa shape index (κ2) is 56.7. The van der Waals surface area contributed by atoms with Gasteiger partial charge in [-0.2, -0.15) is 0 Å². The third-order valence-electron chi connectivity index (χ3n) is 13.5. The maximum absolute atomic E-state index is 12.5. The fraction of sp³-hybridized carbons (Fsp3) is 0.852. The molecule has 0 aliphatic heterocycles. The molecule has 0 spiro atoms. The summed E-state index contributed by atoms with van der Waals surface area (Å²) in [5, 5.41) is 23.1. The first kappa shape index (κ1) is 63.4. The highest BCUT2D eigenvalue weighted by Gasteiger charge is 2.18. The van der Waals surface area contributed by atoms with Crippen LogP contribution in [-0.2, 0) is 4.79 Å². The molecular formula is C61H115NO3. The van der Waals surface area contributed by atoms with Gasteiger partial charge in [-0.25, -0.2) is 0 Å². The maximum atomic E-state index is 12.5. The van der Waals surface area contributed by atoms with Crippen molar-refractivity contribution in [3.05, 3.63) is 48.6 Å². The minimum Gasteiger partial charge on any atom is -0.394 e. The molecule has 0 heterocycles. The van der Waals surface area contributed by atoms with E-state index in [2.05, 4.69) is 55.6 Å². The van der Waals surface area contributed by atoms with Crippen LogP contribution in [0, 0.1) is 0 Å². The molecule has 0 saturated heterocycles. The smallest absolute Gasteiger partial charge is 0.220 e. The van der Waals surface area contributed by atoms with Crippen LogP contribution in [0.5, 0.6) is 0 Å². The molecule has 0 bridgehead atoms. The van der Waals surface area contributed by atoms with Gasteiger partial charge in [0.1, 0.15) is 0 Å². The zero-order chi connectivity index (χ0) is 47.0. The van der Waals surface area contributed by atoms with E-state index in [9.17, 15) is 15.0 Å². The second-order valence-electron chi connectivity index (χ2n) is 20.0. The van der Waals surface area contributed by atoms with Crippen LogP contribution in [0.3, 0.4) is 0 Å². The number of rotatable bonds is 54. The number of hydrogen-bond donors (Lipinski definition) is 3. The number of unbranched alkanes of at least 4 members (excludes halogenated alkanes) is 41. The predicted molar refractivity (Wildman–Crippen MR) is 290 cm³/mol. The molecule has 0 saturated carbocycles. The first-order valence-electron chi connectivity index (χ1n) is 29.4. The summed E-state index contributed by atoms with van der Waals surface area (Å²) in [6, 6.07) is -0.645. The number of nitrogens with one attached hydrogen (secondary N) is 1. The van der Waals surface area contributed by atoms with E-state index < -0.39 is 12.1 Å². The van der Waals surface area contributed by atoms with Crippen molar-refractivity contribution >= 4 is 5.91 Å². The number of aliphatic hydroxyl groups excluding tert-OH is 2. The van der Waals surface area contributed by atoms with E-state index in [0.29, 0.717) is 6.42 Å². The largest absolute Gasteiger partial charge is 0.394 e. The minimum absolute atomic E-state index is 0.0732. The zero-order valence-electron chi connectivity index (χ0n) is 44.0. The molecule has 0 aromatic rings. The normalized spacial score (nSPS) is 13.1. The second-order valence-corrected chi connectivity index (χ2v) is 20.0. The molecule has 3 N–H and O–H groups in total. The Bertz CT molecular complexity index is 1030. The van der Waals surface area contributed by atoms with Crippen molar-refractivity contribution in [2.45, 2.75) is 328 Å². The summed E-state index contributed by atoms with van der Waals surface area (Å²) < 4.78 is 0. The molecule has 4 heteroatoms. The fourth-order valence-corrected chi connectivity index (χ4v) is 9.03. The molecule has 0 aliphatic carbocycles. The minimum atomic E-state index is -0.870. The van der Waals surface area contributed by atoms with Crippen LogP contribution in [0.1, 0.15) is 316 Å². The molecule has 2 unspecified atom stereocenters. The van der Waals surface area contributed by atoms with E-state index in [1.807, 2.05) is 6.08 Å². The quantitative estimate of drug-likeness (QED) is 0.0421. The summed E-state index contributed by atoms with van der Waals surface area (Å²) >= 11 is 0. The zero-order valence-corrected chi connectivity index (χ0v) is 44.0. The number of aliphatic hydroxyl groups is 2. The van der Waals surface area contributed by atoms with E-state index in [4.69, 9.17) is 0 Å². The van der Waals surface area contributed by atoms with Gasteiger partial charge in [0.2, 0.25) is 5.91 Å². The Hall–Kier alpha value is -1.65. The van der Waals surface area contributed by atoms with E-state index in [-0.39, 0.29) is 12.5 Å². The van der Waals surface area contributed by atoms with Crippen molar-refractivity contribution in [3.63, 3.8) is 0 Å². The van der Waals surface area contributed by atoms with Crippen molar-refractivity contribution in [3.8, 4) is 0 Å². The highest BCUT2D eigenvalue weighted by Crippen LogP contribution is 2.17. The van der Waals surface area contributed by atoms with Gasteiger partial charge in [-0.05, 0) is 70.6 Å². The first-order chi connectivity index (χ1) is 32.2. The number of amides is 1. The van der Waals surface area contributed by atoms with E-state index in [1.54, 1.807) is 6.08 Å². The van der Waals surface area contributed by atoms with Crippen LogP contribution in [0.2, 0.25) is 0 Å². The molecule has 4 nitrogen and oxygen atoms in total. The highest BCUT2D eigenvalue weighted by atomic mass is 16.3. The van der Waals surface area contributed by atoms with Crippen LogP contribution in [0.25, 0.3) is 0 Å². The third kappa shape index (κ3) is 53.2. The van der Waals surface area contributed by atoms with Gasteiger partial charge < -0.3 is 15.5 Å².